The van der Waals surface area contributed by atoms with E-state index in [0.717, 1.165) is 25.0 Å². The van der Waals surface area contributed by atoms with E-state index in [1.165, 1.54) is 45.5 Å². The van der Waals surface area contributed by atoms with Crippen molar-refractivity contribution in [1.82, 2.24) is 14.1 Å². The van der Waals surface area contributed by atoms with Crippen molar-refractivity contribution in [3.05, 3.63) is 110 Å². The minimum absolute atomic E-state index is 0.0151. The molecule has 252 valence electrons. The molecule has 0 amide bonds. The van der Waals surface area contributed by atoms with E-state index in [1.807, 2.05) is 4.90 Å². The number of sulfonamides is 1. The number of piperazine rings is 1. The van der Waals surface area contributed by atoms with E-state index in [1.54, 1.807) is 30.3 Å². The number of hydrogen-bond acceptors (Lipinski definition) is 10. The summed E-state index contributed by atoms with van der Waals surface area (Å²) in [5.74, 6) is -0.445. The molecule has 1 aromatic heterocycles. The van der Waals surface area contributed by atoms with Gasteiger partial charge in [0, 0.05) is 42.7 Å². The summed E-state index contributed by atoms with van der Waals surface area (Å²) in [6.45, 7) is 3.02. The molecule has 13 nitrogen and oxygen atoms in total. The van der Waals surface area contributed by atoms with Gasteiger partial charge in [0.05, 0.1) is 34.1 Å². The summed E-state index contributed by atoms with van der Waals surface area (Å²) in [7, 11) is -8.28. The van der Waals surface area contributed by atoms with Crippen molar-refractivity contribution in [1.29, 1.82) is 0 Å². The summed E-state index contributed by atoms with van der Waals surface area (Å²) in [5, 5.41) is 16.5. The number of benzene rings is 3. The summed E-state index contributed by atoms with van der Waals surface area (Å²) in [6.07, 6.45) is 3.50. The molecule has 2 aliphatic rings. The molecule has 4 aromatic rings. The van der Waals surface area contributed by atoms with Gasteiger partial charge in [-0.1, -0.05) is 48.9 Å². The van der Waals surface area contributed by atoms with Crippen LogP contribution in [0.15, 0.2) is 93.6 Å². The van der Waals surface area contributed by atoms with Gasteiger partial charge in [0.2, 0.25) is 25.6 Å². The van der Waals surface area contributed by atoms with Crippen molar-refractivity contribution in [3.8, 4) is 11.4 Å². The molecule has 2 heterocycles. The first-order chi connectivity index (χ1) is 22.8. The van der Waals surface area contributed by atoms with Gasteiger partial charge in [-0.3, -0.25) is 14.9 Å². The smallest absolute Gasteiger partial charge is 0.316 e. The Morgan fingerprint density at radius 1 is 0.958 bits per heavy atom. The zero-order valence-electron chi connectivity index (χ0n) is 25.9. The third-order valence-corrected chi connectivity index (χ3v) is 12.4. The second kappa shape index (κ2) is 13.0. The van der Waals surface area contributed by atoms with Crippen LogP contribution in [0.25, 0.3) is 5.69 Å². The fourth-order valence-electron chi connectivity index (χ4n) is 5.44. The first-order valence-electron chi connectivity index (χ1n) is 15.1. The summed E-state index contributed by atoms with van der Waals surface area (Å²) < 4.78 is 62.3. The van der Waals surface area contributed by atoms with E-state index in [0.29, 0.717) is 23.0 Å². The van der Waals surface area contributed by atoms with Crippen LogP contribution < -0.4 is 15.2 Å². The van der Waals surface area contributed by atoms with Crippen LogP contribution in [0, 0.1) is 15.5 Å². The van der Waals surface area contributed by atoms with Crippen molar-refractivity contribution in [2.24, 2.45) is 5.41 Å². The maximum atomic E-state index is 13.7. The lowest BCUT2D eigenvalue weighted by molar-refractivity contribution is -0.387. The number of rotatable bonds is 11. The highest BCUT2D eigenvalue weighted by molar-refractivity contribution is 7.91. The second-order valence-corrected chi connectivity index (χ2v) is 16.5. The lowest BCUT2D eigenvalue weighted by atomic mass is 10.2. The Morgan fingerprint density at radius 2 is 1.67 bits per heavy atom. The Morgan fingerprint density at radius 3 is 2.31 bits per heavy atom. The van der Waals surface area contributed by atoms with Gasteiger partial charge in [0.1, 0.15) is 10.6 Å². The number of hydrogen-bond donors (Lipinski definition) is 0. The third kappa shape index (κ3) is 6.95. The molecule has 3 aromatic carbocycles. The van der Waals surface area contributed by atoms with Gasteiger partial charge in [-0.15, -0.1) is 0 Å². The van der Waals surface area contributed by atoms with E-state index in [-0.39, 0.29) is 47.8 Å². The normalized spacial score (nSPS) is 16.4. The van der Waals surface area contributed by atoms with Gasteiger partial charge in [0.15, 0.2) is 0 Å². The van der Waals surface area contributed by atoms with E-state index < -0.39 is 46.7 Å². The standard InChI is InChI=1S/C32H32ClN5O8S2/c1-32(12-13-32)22-46-30-28(20-34-37(31(30)39)25-7-5-6-24(33)19-25)35-14-16-36(17-15-35)47(42,43)21-23-10-11-27(38(40)41)29(18-23)48(44,45)26-8-3-2-4-9-26/h2-11,18-20H,12-17,21-22H2,1H3. The van der Waals surface area contributed by atoms with Crippen molar-refractivity contribution in [2.45, 2.75) is 35.3 Å². The van der Waals surface area contributed by atoms with Crippen molar-refractivity contribution in [3.63, 3.8) is 0 Å². The van der Waals surface area contributed by atoms with Crippen molar-refractivity contribution < 1.29 is 26.5 Å². The van der Waals surface area contributed by atoms with Gasteiger partial charge in [-0.2, -0.15) is 14.1 Å². The lowest BCUT2D eigenvalue weighted by Gasteiger charge is -2.35. The molecular formula is C32H32ClN5O8S2. The van der Waals surface area contributed by atoms with Gasteiger partial charge in [0.25, 0.3) is 5.69 Å². The maximum Gasteiger partial charge on any atom is 0.316 e. The molecule has 1 saturated heterocycles. The van der Waals surface area contributed by atoms with E-state index in [9.17, 15) is 31.7 Å². The van der Waals surface area contributed by atoms with E-state index in [2.05, 4.69) is 12.0 Å². The van der Waals surface area contributed by atoms with Crippen molar-refractivity contribution >= 4 is 42.8 Å². The highest BCUT2D eigenvalue weighted by Crippen LogP contribution is 2.45. The molecule has 0 atom stereocenters. The van der Waals surface area contributed by atoms with Crippen LogP contribution >= 0.6 is 11.6 Å². The Kier molecular flexibility index (Phi) is 9.06. The topological polar surface area (TPSA) is 162 Å². The van der Waals surface area contributed by atoms with E-state index in [4.69, 9.17) is 16.3 Å². The predicted molar refractivity (Wildman–Crippen MR) is 179 cm³/mol. The third-order valence-electron chi connectivity index (χ3n) is 8.52. The maximum absolute atomic E-state index is 13.7. The van der Waals surface area contributed by atoms with Crippen LogP contribution in [0.4, 0.5) is 11.4 Å². The number of nitro groups is 1. The number of anilines is 1. The highest BCUT2D eigenvalue weighted by atomic mass is 35.5. The molecule has 0 radical (unpaired) electrons. The van der Waals surface area contributed by atoms with Gasteiger partial charge in [-0.25, -0.2) is 16.8 Å². The monoisotopic (exact) mass is 713 g/mol. The zero-order chi connectivity index (χ0) is 34.3. The lowest BCUT2D eigenvalue weighted by Crippen LogP contribution is -2.49. The molecule has 1 aliphatic carbocycles. The average molecular weight is 714 g/mol. The Labute approximate surface area is 282 Å². The SMILES string of the molecule is CC1(COc2c(N3CCN(S(=O)(=O)Cc4ccc([N+](=O)[O-])c(S(=O)(=O)c5ccccc5)c4)CC3)cnn(-c3cccc(Cl)c3)c2=O)CC1. The number of nitro benzene ring substituents is 1. The number of halogens is 1. The van der Waals surface area contributed by atoms with Crippen LogP contribution in [0.5, 0.6) is 5.75 Å². The molecule has 2 fully saturated rings. The molecule has 1 saturated carbocycles. The summed E-state index contributed by atoms with van der Waals surface area (Å²) in [4.78, 5) is 25.7. The highest BCUT2D eigenvalue weighted by Gasteiger charge is 2.39. The molecule has 16 heteroatoms. The average Bonchev–Trinajstić information content (AvgIpc) is 3.81. The number of sulfone groups is 1. The fourth-order valence-corrected chi connectivity index (χ4v) is 8.62. The van der Waals surface area contributed by atoms with Gasteiger partial charge < -0.3 is 9.64 Å². The fraction of sp³-hybridized carbons (Fsp3) is 0.312. The molecular weight excluding hydrogens is 682 g/mol. The zero-order valence-corrected chi connectivity index (χ0v) is 28.2. The number of ether oxygens (including phenoxy) is 1. The summed E-state index contributed by atoms with van der Waals surface area (Å²) >= 11 is 6.15. The molecule has 0 spiro atoms. The largest absolute Gasteiger partial charge is 0.486 e. The Hall–Kier alpha value is -4.31. The van der Waals surface area contributed by atoms with Crippen LogP contribution in [0.2, 0.25) is 5.02 Å². The molecule has 48 heavy (non-hydrogen) atoms. The first-order valence-corrected chi connectivity index (χ1v) is 18.6. The minimum Gasteiger partial charge on any atom is -0.486 e. The molecule has 0 unspecified atom stereocenters. The van der Waals surface area contributed by atoms with E-state index >= 15 is 0 Å². The van der Waals surface area contributed by atoms with Crippen LogP contribution in [0.3, 0.4) is 0 Å². The van der Waals surface area contributed by atoms with Crippen LogP contribution in [-0.2, 0) is 25.6 Å². The summed E-state index contributed by atoms with van der Waals surface area (Å²) in [5.41, 5.74) is -0.106. The van der Waals surface area contributed by atoms with Gasteiger partial charge >= 0.3 is 5.56 Å². The quantitative estimate of drug-likeness (QED) is 0.160. The number of nitrogens with zero attached hydrogens (tertiary/aromatic N) is 5. The minimum atomic E-state index is -4.30. The Balaban J connectivity index is 1.22. The molecule has 1 aliphatic heterocycles. The first kappa shape index (κ1) is 33.6. The molecule has 0 N–H and O–H groups in total. The molecule has 6 rings (SSSR count). The summed E-state index contributed by atoms with van der Waals surface area (Å²) in [6, 6.07) is 17.3. The number of aromatic nitrogens is 2. The predicted octanol–water partition coefficient (Wildman–Crippen LogP) is 4.46. The second-order valence-electron chi connectivity index (χ2n) is 12.2. The molecule has 0 bridgehead atoms. The van der Waals surface area contributed by atoms with Crippen molar-refractivity contribution in [2.75, 3.05) is 37.7 Å². The van der Waals surface area contributed by atoms with Gasteiger partial charge in [-0.05, 0) is 54.8 Å². The van der Waals surface area contributed by atoms with Crippen LogP contribution in [0.1, 0.15) is 25.3 Å². The Bertz CT molecular complexity index is 2150. The van der Waals surface area contributed by atoms with Crippen LogP contribution in [-0.4, -0.2) is 68.6 Å².